The Bertz CT molecular complexity index is 797. The van der Waals surface area contributed by atoms with E-state index in [1.54, 1.807) is 18.6 Å². The Morgan fingerprint density at radius 2 is 2.26 bits per heavy atom. The average molecular weight is 307 g/mol. The van der Waals surface area contributed by atoms with E-state index in [0.29, 0.717) is 6.04 Å². The maximum absolute atomic E-state index is 6.15. The molecule has 0 N–H and O–H groups in total. The van der Waals surface area contributed by atoms with Gasteiger partial charge in [0.25, 0.3) is 0 Å². The van der Waals surface area contributed by atoms with Gasteiger partial charge in [-0.3, -0.25) is 9.97 Å². The summed E-state index contributed by atoms with van der Waals surface area (Å²) in [6.45, 7) is 4.60. The largest absolute Gasteiger partial charge is 0.460 e. The first kappa shape index (κ1) is 14.4. The number of aromatic nitrogens is 2. The van der Waals surface area contributed by atoms with Crippen LogP contribution in [0, 0.1) is 0 Å². The number of hydrogen-bond acceptors (Lipinski definition) is 4. The number of para-hydroxylation sites is 1. The summed E-state index contributed by atoms with van der Waals surface area (Å²) in [5.74, 6) is 1.05. The molecule has 0 amide bonds. The number of hydrogen-bond donors (Lipinski definition) is 0. The number of rotatable bonds is 4. The Labute approximate surface area is 136 Å². The molecule has 0 radical (unpaired) electrons. The number of likely N-dealkylation sites (tertiary alicyclic amines) is 1. The highest BCUT2D eigenvalue weighted by Crippen LogP contribution is 2.30. The summed E-state index contributed by atoms with van der Waals surface area (Å²) in [4.78, 5) is 11.1. The molecule has 1 aromatic carbocycles. The van der Waals surface area contributed by atoms with Crippen molar-refractivity contribution in [3.8, 4) is 11.3 Å². The molecule has 0 spiro atoms. The minimum absolute atomic E-state index is 0.703. The predicted molar refractivity (Wildman–Crippen MR) is 91.2 cm³/mol. The topological polar surface area (TPSA) is 42.2 Å². The van der Waals surface area contributed by atoms with E-state index in [1.165, 1.54) is 19.4 Å². The number of furan rings is 1. The zero-order valence-corrected chi connectivity index (χ0v) is 13.4. The first-order chi connectivity index (χ1) is 11.3. The normalized spacial score (nSPS) is 18.7. The summed E-state index contributed by atoms with van der Waals surface area (Å²) in [5, 5.41) is 1.14. The van der Waals surface area contributed by atoms with E-state index >= 15 is 0 Å². The third-order valence-electron chi connectivity index (χ3n) is 4.77. The zero-order valence-electron chi connectivity index (χ0n) is 13.4. The molecule has 0 saturated carbocycles. The fourth-order valence-corrected chi connectivity index (χ4v) is 3.46. The zero-order chi connectivity index (χ0) is 15.6. The van der Waals surface area contributed by atoms with Crippen molar-refractivity contribution in [2.24, 2.45) is 0 Å². The van der Waals surface area contributed by atoms with E-state index in [2.05, 4.69) is 33.9 Å². The molecule has 1 aliphatic rings. The molecule has 2 aromatic heterocycles. The Morgan fingerprint density at radius 3 is 3.04 bits per heavy atom. The molecule has 0 bridgehead atoms. The second-order valence-electron chi connectivity index (χ2n) is 6.30. The van der Waals surface area contributed by atoms with Gasteiger partial charge in [0.15, 0.2) is 0 Å². The molecular weight excluding hydrogens is 286 g/mol. The molecule has 4 heteroatoms. The molecule has 0 aliphatic carbocycles. The third kappa shape index (κ3) is 2.86. The lowest BCUT2D eigenvalue weighted by molar-refractivity contribution is 0.266. The summed E-state index contributed by atoms with van der Waals surface area (Å²) in [6, 6.07) is 9.06. The molecule has 1 fully saturated rings. The van der Waals surface area contributed by atoms with E-state index in [9.17, 15) is 0 Å². The van der Waals surface area contributed by atoms with Crippen LogP contribution in [0.15, 0.2) is 47.3 Å². The van der Waals surface area contributed by atoms with Crippen LogP contribution >= 0.6 is 0 Å². The summed E-state index contributed by atoms with van der Waals surface area (Å²) < 4.78 is 6.15. The van der Waals surface area contributed by atoms with Gasteiger partial charge < -0.3 is 9.32 Å². The van der Waals surface area contributed by atoms with Crippen LogP contribution in [0.5, 0.6) is 0 Å². The van der Waals surface area contributed by atoms with Crippen molar-refractivity contribution in [3.63, 3.8) is 0 Å². The van der Waals surface area contributed by atoms with Gasteiger partial charge in [-0.25, -0.2) is 0 Å². The fourth-order valence-electron chi connectivity index (χ4n) is 3.46. The van der Waals surface area contributed by atoms with Crippen molar-refractivity contribution in [1.29, 1.82) is 0 Å². The van der Waals surface area contributed by atoms with Crippen molar-refractivity contribution in [2.45, 2.75) is 32.2 Å². The highest BCUT2D eigenvalue weighted by Gasteiger charge is 2.20. The van der Waals surface area contributed by atoms with Crippen LogP contribution in [0.25, 0.3) is 22.2 Å². The Hall–Kier alpha value is -2.20. The Kier molecular flexibility index (Phi) is 3.83. The minimum Gasteiger partial charge on any atom is -0.460 e. The lowest BCUT2D eigenvalue weighted by Crippen LogP contribution is -2.28. The van der Waals surface area contributed by atoms with Gasteiger partial charge in [0.2, 0.25) is 0 Å². The van der Waals surface area contributed by atoms with E-state index < -0.39 is 0 Å². The quantitative estimate of drug-likeness (QED) is 0.732. The van der Waals surface area contributed by atoms with Crippen LogP contribution in [0.4, 0.5) is 0 Å². The van der Waals surface area contributed by atoms with Crippen LogP contribution in [0.2, 0.25) is 0 Å². The van der Waals surface area contributed by atoms with Crippen LogP contribution in [-0.4, -0.2) is 34.0 Å². The number of nitrogens with zero attached hydrogens (tertiary/aromatic N) is 3. The van der Waals surface area contributed by atoms with Gasteiger partial charge in [-0.1, -0.05) is 12.1 Å². The fraction of sp³-hybridized carbons (Fsp3) is 0.368. The van der Waals surface area contributed by atoms with E-state index in [-0.39, 0.29) is 0 Å². The molecule has 1 aliphatic heterocycles. The molecular formula is C19H21N3O. The lowest BCUT2D eigenvalue weighted by atomic mass is 10.1. The van der Waals surface area contributed by atoms with Crippen molar-refractivity contribution in [3.05, 3.63) is 48.6 Å². The first-order valence-electron chi connectivity index (χ1n) is 8.33. The maximum atomic E-state index is 6.15. The van der Waals surface area contributed by atoms with E-state index in [1.807, 2.05) is 12.1 Å². The standard InChI is InChI=1S/C19H21N3O/c1-14-4-3-10-22(14)11-7-16-12-15-5-2-6-17(19(15)23-16)18-13-20-8-9-21-18/h2,5-6,8-9,12-14H,3-4,7,10-11H2,1H3/t14-/m1/s1. The molecule has 118 valence electrons. The molecule has 0 unspecified atom stereocenters. The second-order valence-corrected chi connectivity index (χ2v) is 6.30. The monoisotopic (exact) mass is 307 g/mol. The molecule has 1 atom stereocenters. The van der Waals surface area contributed by atoms with Gasteiger partial charge >= 0.3 is 0 Å². The molecule has 3 aromatic rings. The van der Waals surface area contributed by atoms with Gasteiger partial charge in [0, 0.05) is 42.4 Å². The molecule has 4 rings (SSSR count). The minimum atomic E-state index is 0.703. The third-order valence-corrected chi connectivity index (χ3v) is 4.77. The summed E-state index contributed by atoms with van der Waals surface area (Å²) >= 11 is 0. The van der Waals surface area contributed by atoms with Crippen molar-refractivity contribution in [1.82, 2.24) is 14.9 Å². The molecule has 3 heterocycles. The van der Waals surface area contributed by atoms with Gasteiger partial charge in [-0.15, -0.1) is 0 Å². The van der Waals surface area contributed by atoms with Gasteiger partial charge in [-0.05, 0) is 38.4 Å². The highest BCUT2D eigenvalue weighted by atomic mass is 16.3. The summed E-state index contributed by atoms with van der Waals surface area (Å²) in [5.41, 5.74) is 2.78. The maximum Gasteiger partial charge on any atom is 0.143 e. The van der Waals surface area contributed by atoms with Crippen LogP contribution in [0.1, 0.15) is 25.5 Å². The first-order valence-corrected chi connectivity index (χ1v) is 8.33. The SMILES string of the molecule is C[C@@H]1CCCN1CCc1cc2cccc(-c3cnccn3)c2o1. The van der Waals surface area contributed by atoms with Crippen molar-refractivity contribution >= 4 is 11.0 Å². The summed E-state index contributed by atoms with van der Waals surface area (Å²) in [6.07, 6.45) is 8.78. The van der Waals surface area contributed by atoms with Crippen LogP contribution in [0.3, 0.4) is 0 Å². The van der Waals surface area contributed by atoms with Crippen LogP contribution in [-0.2, 0) is 6.42 Å². The van der Waals surface area contributed by atoms with Crippen molar-refractivity contribution in [2.75, 3.05) is 13.1 Å². The Morgan fingerprint density at radius 1 is 1.30 bits per heavy atom. The smallest absolute Gasteiger partial charge is 0.143 e. The van der Waals surface area contributed by atoms with Gasteiger partial charge in [-0.2, -0.15) is 0 Å². The number of benzene rings is 1. The highest BCUT2D eigenvalue weighted by molar-refractivity contribution is 5.91. The average Bonchev–Trinajstić information content (AvgIpc) is 3.19. The molecule has 23 heavy (non-hydrogen) atoms. The second kappa shape index (κ2) is 6.13. The van der Waals surface area contributed by atoms with Crippen LogP contribution < -0.4 is 0 Å². The van der Waals surface area contributed by atoms with E-state index in [4.69, 9.17) is 4.42 Å². The van der Waals surface area contributed by atoms with Gasteiger partial charge in [0.05, 0.1) is 11.9 Å². The lowest BCUT2D eigenvalue weighted by Gasteiger charge is -2.19. The molecule has 1 saturated heterocycles. The predicted octanol–water partition coefficient (Wildman–Crippen LogP) is 3.92. The van der Waals surface area contributed by atoms with Crippen molar-refractivity contribution < 1.29 is 4.42 Å². The number of fused-ring (bicyclic) bond motifs is 1. The molecule has 4 nitrogen and oxygen atoms in total. The summed E-state index contributed by atoms with van der Waals surface area (Å²) in [7, 11) is 0. The van der Waals surface area contributed by atoms with E-state index in [0.717, 1.165) is 41.0 Å². The van der Waals surface area contributed by atoms with Gasteiger partial charge in [0.1, 0.15) is 11.3 Å². The Balaban J connectivity index is 1.60.